The van der Waals surface area contributed by atoms with Gasteiger partial charge in [-0.2, -0.15) is 0 Å². The summed E-state index contributed by atoms with van der Waals surface area (Å²) in [6, 6.07) is 0. The van der Waals surface area contributed by atoms with Crippen LogP contribution in [0.25, 0.3) is 0 Å². The smallest absolute Gasteiger partial charge is 0.173 e. The van der Waals surface area contributed by atoms with Gasteiger partial charge >= 0.3 is 0 Å². The van der Waals surface area contributed by atoms with E-state index in [4.69, 9.17) is 0 Å². The van der Waals surface area contributed by atoms with Crippen LogP contribution in [0.1, 0.15) is 22.5 Å². The van der Waals surface area contributed by atoms with E-state index >= 15 is 0 Å². The Bertz CT molecular complexity index is 360. The van der Waals surface area contributed by atoms with Crippen LogP contribution in [-0.4, -0.2) is 21.5 Å². The maximum absolute atomic E-state index is 11.2. The lowest BCUT2D eigenvalue weighted by molar-refractivity contribution is -0.117. The molecule has 1 heterocycles. The van der Waals surface area contributed by atoms with E-state index in [-0.39, 0.29) is 24.4 Å². The Kier molecular flexibility index (Phi) is 1.46. The van der Waals surface area contributed by atoms with E-state index in [0.29, 0.717) is 11.3 Å². The highest BCUT2D eigenvalue weighted by Gasteiger charge is 2.23. The van der Waals surface area contributed by atoms with Gasteiger partial charge in [-0.1, -0.05) is 0 Å². The highest BCUT2D eigenvalue weighted by atomic mass is 16.1. The van der Waals surface area contributed by atoms with Crippen molar-refractivity contribution >= 4 is 11.6 Å². The van der Waals surface area contributed by atoms with Gasteiger partial charge < -0.3 is 0 Å². The van der Waals surface area contributed by atoms with E-state index in [1.54, 1.807) is 0 Å². The second kappa shape index (κ2) is 2.48. The van der Waals surface area contributed by atoms with Gasteiger partial charge in [-0.25, -0.2) is 9.97 Å². The van der Waals surface area contributed by atoms with Crippen LogP contribution in [0.2, 0.25) is 0 Å². The quantitative estimate of drug-likeness (QED) is 0.510. The van der Waals surface area contributed by atoms with Crippen molar-refractivity contribution in [3.63, 3.8) is 0 Å². The molecular weight excluding hydrogens is 156 g/mol. The first-order valence-corrected chi connectivity index (χ1v) is 3.61. The van der Waals surface area contributed by atoms with E-state index in [1.165, 1.54) is 12.5 Å². The molecule has 4 nitrogen and oxygen atoms in total. The molecule has 4 heteroatoms. The maximum atomic E-state index is 11.2. The minimum Gasteiger partial charge on any atom is -0.299 e. The second-order valence-corrected chi connectivity index (χ2v) is 2.70. The SMILES string of the molecule is O=C1CC(=O)c2cncnc2C1. The van der Waals surface area contributed by atoms with Crippen LogP contribution in [0.5, 0.6) is 0 Å². The third-order valence-electron chi connectivity index (χ3n) is 1.82. The second-order valence-electron chi connectivity index (χ2n) is 2.70. The van der Waals surface area contributed by atoms with E-state index < -0.39 is 0 Å². The van der Waals surface area contributed by atoms with Crippen molar-refractivity contribution < 1.29 is 9.59 Å². The van der Waals surface area contributed by atoms with Crippen LogP contribution in [0.4, 0.5) is 0 Å². The number of carbonyl (C=O) groups excluding carboxylic acids is 2. The first-order valence-electron chi connectivity index (χ1n) is 3.61. The van der Waals surface area contributed by atoms with Crippen molar-refractivity contribution in [1.29, 1.82) is 0 Å². The molecule has 60 valence electrons. The van der Waals surface area contributed by atoms with Gasteiger partial charge in [-0.3, -0.25) is 9.59 Å². The van der Waals surface area contributed by atoms with Gasteiger partial charge in [-0.05, 0) is 0 Å². The first-order chi connectivity index (χ1) is 5.77. The van der Waals surface area contributed by atoms with Gasteiger partial charge in [0.25, 0.3) is 0 Å². The van der Waals surface area contributed by atoms with E-state index in [1.807, 2.05) is 0 Å². The molecule has 0 fully saturated rings. The maximum Gasteiger partial charge on any atom is 0.173 e. The summed E-state index contributed by atoms with van der Waals surface area (Å²) in [6.45, 7) is 0. The minimum absolute atomic E-state index is 0.000370. The van der Waals surface area contributed by atoms with Crippen molar-refractivity contribution in [1.82, 2.24) is 9.97 Å². The molecule has 0 radical (unpaired) electrons. The summed E-state index contributed by atoms with van der Waals surface area (Å²) in [6.07, 6.45) is 3.09. The Morgan fingerprint density at radius 1 is 1.25 bits per heavy atom. The van der Waals surface area contributed by atoms with Gasteiger partial charge in [0.05, 0.1) is 24.1 Å². The van der Waals surface area contributed by atoms with Crippen molar-refractivity contribution in [2.75, 3.05) is 0 Å². The summed E-state index contributed by atoms with van der Waals surface area (Å²) in [4.78, 5) is 29.7. The molecule has 0 spiro atoms. The molecule has 1 aliphatic rings. The Morgan fingerprint density at radius 3 is 2.92 bits per heavy atom. The fourth-order valence-electron chi connectivity index (χ4n) is 1.25. The topological polar surface area (TPSA) is 59.9 Å². The molecule has 0 aliphatic heterocycles. The monoisotopic (exact) mass is 162 g/mol. The molecule has 1 aromatic rings. The molecule has 0 aromatic carbocycles. The molecule has 0 amide bonds. The third kappa shape index (κ3) is 1.01. The number of ketones is 2. The summed E-state index contributed by atoms with van der Waals surface area (Å²) in [7, 11) is 0. The number of hydrogen-bond acceptors (Lipinski definition) is 4. The summed E-state index contributed by atoms with van der Waals surface area (Å²) in [5.74, 6) is -0.229. The number of carbonyl (C=O) groups is 2. The number of Topliss-reactive ketones (excluding diaryl/α,β-unsaturated/α-hetero) is 2. The third-order valence-corrected chi connectivity index (χ3v) is 1.82. The van der Waals surface area contributed by atoms with Gasteiger partial charge in [0.1, 0.15) is 12.1 Å². The van der Waals surface area contributed by atoms with Crippen LogP contribution < -0.4 is 0 Å². The van der Waals surface area contributed by atoms with E-state index in [0.717, 1.165) is 0 Å². The average molecular weight is 162 g/mol. The molecular formula is C8H6N2O2. The molecule has 0 unspecified atom stereocenters. The number of nitrogens with zero attached hydrogens (tertiary/aromatic N) is 2. The average Bonchev–Trinajstić information content (AvgIpc) is 2.04. The number of fused-ring (bicyclic) bond motifs is 1. The van der Waals surface area contributed by atoms with Crippen LogP contribution in [0.15, 0.2) is 12.5 Å². The van der Waals surface area contributed by atoms with Crippen molar-refractivity contribution in [2.45, 2.75) is 12.8 Å². The minimum atomic E-state index is -0.165. The zero-order valence-corrected chi connectivity index (χ0v) is 6.28. The zero-order chi connectivity index (χ0) is 8.55. The molecule has 0 saturated carbocycles. The van der Waals surface area contributed by atoms with Crippen LogP contribution in [0, 0.1) is 0 Å². The summed E-state index contributed by atoms with van der Waals surface area (Å²) in [5.41, 5.74) is 1.06. The molecule has 0 atom stereocenters. The Morgan fingerprint density at radius 2 is 2.08 bits per heavy atom. The molecule has 0 N–H and O–H groups in total. The normalized spacial score (nSPS) is 16.0. The first kappa shape index (κ1) is 7.09. The zero-order valence-electron chi connectivity index (χ0n) is 6.28. The van der Waals surface area contributed by atoms with Gasteiger partial charge in [0.15, 0.2) is 5.78 Å². The summed E-state index contributed by atoms with van der Waals surface area (Å²) in [5, 5.41) is 0. The molecule has 2 rings (SSSR count). The van der Waals surface area contributed by atoms with E-state index in [2.05, 4.69) is 9.97 Å². The van der Waals surface area contributed by atoms with Gasteiger partial charge in [0.2, 0.25) is 0 Å². The van der Waals surface area contributed by atoms with Crippen molar-refractivity contribution in [3.05, 3.63) is 23.8 Å². The highest BCUT2D eigenvalue weighted by molar-refractivity contribution is 6.12. The lowest BCUT2D eigenvalue weighted by atomic mass is 9.95. The van der Waals surface area contributed by atoms with Gasteiger partial charge in [-0.15, -0.1) is 0 Å². The molecule has 0 saturated heterocycles. The fourth-order valence-corrected chi connectivity index (χ4v) is 1.25. The number of hydrogen-bond donors (Lipinski definition) is 0. The summed E-state index contributed by atoms with van der Waals surface area (Å²) >= 11 is 0. The highest BCUT2D eigenvalue weighted by Crippen LogP contribution is 2.14. The predicted molar refractivity (Wildman–Crippen MR) is 39.7 cm³/mol. The van der Waals surface area contributed by atoms with Crippen molar-refractivity contribution in [2.24, 2.45) is 0 Å². The van der Waals surface area contributed by atoms with Crippen LogP contribution in [-0.2, 0) is 11.2 Å². The number of rotatable bonds is 0. The molecule has 12 heavy (non-hydrogen) atoms. The largest absolute Gasteiger partial charge is 0.299 e. The van der Waals surface area contributed by atoms with Gasteiger partial charge in [0, 0.05) is 6.20 Å². The Hall–Kier alpha value is -1.58. The molecule has 1 aliphatic carbocycles. The summed E-state index contributed by atoms with van der Waals surface area (Å²) < 4.78 is 0. The lowest BCUT2D eigenvalue weighted by Crippen LogP contribution is -2.20. The fraction of sp³-hybridized carbons (Fsp3) is 0.250. The van der Waals surface area contributed by atoms with Crippen LogP contribution >= 0.6 is 0 Å². The Labute approximate surface area is 68.6 Å². The lowest BCUT2D eigenvalue weighted by Gasteiger charge is -2.10. The van der Waals surface area contributed by atoms with Crippen molar-refractivity contribution in [3.8, 4) is 0 Å². The van der Waals surface area contributed by atoms with E-state index in [9.17, 15) is 9.59 Å². The predicted octanol–water partition coefficient (Wildman–Crippen LogP) is 0.175. The number of aromatic nitrogens is 2. The standard InChI is InChI=1S/C8H6N2O2/c11-5-1-7-6(8(12)2-5)3-9-4-10-7/h3-4H,1-2H2. The Balaban J connectivity index is 2.54. The molecule has 0 bridgehead atoms. The van der Waals surface area contributed by atoms with Crippen LogP contribution in [0.3, 0.4) is 0 Å². The molecule has 1 aromatic heterocycles.